The maximum absolute atomic E-state index is 11.5. The van der Waals surface area contributed by atoms with Crippen molar-refractivity contribution < 1.29 is 19.8 Å². The number of carbonyl (C=O) groups is 2. The lowest BCUT2D eigenvalue weighted by Crippen LogP contribution is -2.50. The smallest absolute Gasteiger partial charge is 0.243 e. The van der Waals surface area contributed by atoms with Gasteiger partial charge in [-0.1, -0.05) is 12.1 Å². The number of nitrogens with one attached hydrogen (secondary N) is 2. The van der Waals surface area contributed by atoms with Gasteiger partial charge in [0, 0.05) is 18.5 Å². The van der Waals surface area contributed by atoms with E-state index >= 15 is 0 Å². The Balaban J connectivity index is 1.97. The van der Waals surface area contributed by atoms with Gasteiger partial charge in [-0.05, 0) is 12.5 Å². The third-order valence-corrected chi connectivity index (χ3v) is 2.88. The molecule has 0 saturated carbocycles. The predicted octanol–water partition coefficient (Wildman–Crippen LogP) is -0.00740. The summed E-state index contributed by atoms with van der Waals surface area (Å²) in [4.78, 5) is 22.4. The van der Waals surface area contributed by atoms with E-state index in [-0.39, 0.29) is 29.9 Å². The first-order chi connectivity index (χ1) is 8.58. The number of piperidine rings is 1. The Morgan fingerprint density at radius 2 is 2.11 bits per heavy atom. The summed E-state index contributed by atoms with van der Waals surface area (Å²) in [5.41, 5.74) is 0.500. The largest absolute Gasteiger partial charge is 0.504 e. The van der Waals surface area contributed by atoms with E-state index in [1.165, 1.54) is 6.07 Å². The van der Waals surface area contributed by atoms with Crippen molar-refractivity contribution in [2.75, 3.05) is 0 Å². The maximum Gasteiger partial charge on any atom is 0.243 e. The number of para-hydroxylation sites is 1. The zero-order valence-electron chi connectivity index (χ0n) is 9.64. The van der Waals surface area contributed by atoms with Gasteiger partial charge in [0.05, 0.1) is 6.04 Å². The molecule has 2 amide bonds. The Kier molecular flexibility index (Phi) is 3.47. The minimum absolute atomic E-state index is 0.197. The second kappa shape index (κ2) is 5.05. The molecule has 0 bridgehead atoms. The topological polar surface area (TPSA) is 98.7 Å². The molecule has 96 valence electrons. The van der Waals surface area contributed by atoms with Crippen LogP contribution in [0.2, 0.25) is 0 Å². The highest BCUT2D eigenvalue weighted by molar-refractivity contribution is 6.00. The van der Waals surface area contributed by atoms with Gasteiger partial charge < -0.3 is 15.5 Å². The number of imide groups is 1. The standard InChI is InChI=1S/C12H14N2O4/c15-9-3-1-2-7(11(9)17)6-13-8-4-5-10(16)14-12(8)18/h1-3,8,13,15,17H,4-6H2,(H,14,16,18). The SMILES string of the molecule is O=C1CCC(NCc2cccc(O)c2O)C(=O)N1. The first kappa shape index (κ1) is 12.4. The number of phenolic OH excluding ortho intramolecular Hbond substituents is 2. The van der Waals surface area contributed by atoms with Crippen molar-refractivity contribution in [2.45, 2.75) is 25.4 Å². The summed E-state index contributed by atoms with van der Waals surface area (Å²) in [5, 5.41) is 24.1. The lowest BCUT2D eigenvalue weighted by atomic mass is 10.1. The zero-order valence-corrected chi connectivity index (χ0v) is 9.64. The van der Waals surface area contributed by atoms with Crippen molar-refractivity contribution in [3.05, 3.63) is 23.8 Å². The van der Waals surface area contributed by atoms with Gasteiger partial charge >= 0.3 is 0 Å². The average molecular weight is 250 g/mol. The molecule has 6 heteroatoms. The molecule has 1 saturated heterocycles. The van der Waals surface area contributed by atoms with Crippen molar-refractivity contribution in [3.8, 4) is 11.5 Å². The molecule has 1 aliphatic rings. The van der Waals surface area contributed by atoms with Gasteiger partial charge in [0.2, 0.25) is 11.8 Å². The van der Waals surface area contributed by atoms with E-state index in [4.69, 9.17) is 0 Å². The zero-order chi connectivity index (χ0) is 13.1. The van der Waals surface area contributed by atoms with E-state index in [2.05, 4.69) is 10.6 Å². The van der Waals surface area contributed by atoms with Crippen LogP contribution in [0, 0.1) is 0 Å². The fourth-order valence-corrected chi connectivity index (χ4v) is 1.84. The van der Waals surface area contributed by atoms with E-state index in [1.807, 2.05) is 0 Å². The van der Waals surface area contributed by atoms with Gasteiger partial charge in [0.15, 0.2) is 11.5 Å². The molecule has 1 fully saturated rings. The molecule has 1 unspecified atom stereocenters. The van der Waals surface area contributed by atoms with E-state index in [9.17, 15) is 19.8 Å². The summed E-state index contributed by atoms with van der Waals surface area (Å²) in [6, 6.07) is 4.18. The molecule has 0 aliphatic carbocycles. The molecule has 1 aliphatic heterocycles. The van der Waals surface area contributed by atoms with Gasteiger partial charge in [-0.25, -0.2) is 0 Å². The fourth-order valence-electron chi connectivity index (χ4n) is 1.84. The number of hydrogen-bond acceptors (Lipinski definition) is 5. The van der Waals surface area contributed by atoms with Crippen molar-refractivity contribution in [2.24, 2.45) is 0 Å². The summed E-state index contributed by atoms with van der Waals surface area (Å²) >= 11 is 0. The van der Waals surface area contributed by atoms with Crippen molar-refractivity contribution in [1.82, 2.24) is 10.6 Å². The summed E-state index contributed by atoms with van der Waals surface area (Å²) in [7, 11) is 0. The number of benzene rings is 1. The molecule has 0 spiro atoms. The first-order valence-corrected chi connectivity index (χ1v) is 5.65. The van der Waals surface area contributed by atoms with Crippen LogP contribution < -0.4 is 10.6 Å². The summed E-state index contributed by atoms with van der Waals surface area (Å²) in [5.74, 6) is -1.01. The van der Waals surface area contributed by atoms with Crippen LogP contribution in [0.25, 0.3) is 0 Å². The number of hydrogen-bond donors (Lipinski definition) is 4. The van der Waals surface area contributed by atoms with Gasteiger partial charge in [-0.2, -0.15) is 0 Å². The highest BCUT2D eigenvalue weighted by atomic mass is 16.3. The third-order valence-electron chi connectivity index (χ3n) is 2.88. The number of phenols is 2. The van der Waals surface area contributed by atoms with Crippen molar-refractivity contribution in [3.63, 3.8) is 0 Å². The highest BCUT2D eigenvalue weighted by Gasteiger charge is 2.26. The molecule has 0 radical (unpaired) electrons. The highest BCUT2D eigenvalue weighted by Crippen LogP contribution is 2.28. The quantitative estimate of drug-likeness (QED) is 0.447. The van der Waals surface area contributed by atoms with Crippen LogP contribution in [0.5, 0.6) is 11.5 Å². The Labute approximate surface area is 104 Å². The number of amides is 2. The van der Waals surface area contributed by atoms with Crippen LogP contribution in [0.15, 0.2) is 18.2 Å². The van der Waals surface area contributed by atoms with Gasteiger partial charge in [-0.3, -0.25) is 14.9 Å². The van der Waals surface area contributed by atoms with E-state index in [0.717, 1.165) is 0 Å². The third kappa shape index (κ3) is 2.60. The van der Waals surface area contributed by atoms with Gasteiger partial charge in [0.1, 0.15) is 0 Å². The van der Waals surface area contributed by atoms with Crippen molar-refractivity contribution >= 4 is 11.8 Å². The summed E-state index contributed by atoms with van der Waals surface area (Å²) in [6.45, 7) is 0.243. The van der Waals surface area contributed by atoms with E-state index in [1.54, 1.807) is 12.1 Å². The Morgan fingerprint density at radius 3 is 2.83 bits per heavy atom. The lowest BCUT2D eigenvalue weighted by molar-refractivity contribution is -0.134. The van der Waals surface area contributed by atoms with E-state index in [0.29, 0.717) is 18.4 Å². The Bertz CT molecular complexity index is 487. The molecule has 1 atom stereocenters. The number of carbonyl (C=O) groups excluding carboxylic acids is 2. The Morgan fingerprint density at radius 1 is 1.33 bits per heavy atom. The molecular formula is C12H14N2O4. The molecule has 1 aromatic carbocycles. The molecule has 2 rings (SSSR count). The van der Waals surface area contributed by atoms with E-state index < -0.39 is 6.04 Å². The van der Waals surface area contributed by atoms with Crippen LogP contribution >= 0.6 is 0 Å². The van der Waals surface area contributed by atoms with Gasteiger partial charge in [-0.15, -0.1) is 0 Å². The maximum atomic E-state index is 11.5. The van der Waals surface area contributed by atoms with Crippen LogP contribution in [0.1, 0.15) is 18.4 Å². The molecular weight excluding hydrogens is 236 g/mol. The Hall–Kier alpha value is -2.08. The fraction of sp³-hybridized carbons (Fsp3) is 0.333. The number of rotatable bonds is 3. The summed E-state index contributed by atoms with van der Waals surface area (Å²) < 4.78 is 0. The van der Waals surface area contributed by atoms with Crippen LogP contribution in [0.3, 0.4) is 0 Å². The number of aromatic hydroxyl groups is 2. The van der Waals surface area contributed by atoms with Gasteiger partial charge in [0.25, 0.3) is 0 Å². The minimum Gasteiger partial charge on any atom is -0.504 e. The van der Waals surface area contributed by atoms with Crippen LogP contribution in [-0.2, 0) is 16.1 Å². The average Bonchev–Trinajstić information content (AvgIpc) is 2.33. The second-order valence-electron chi connectivity index (χ2n) is 4.17. The molecule has 6 nitrogen and oxygen atoms in total. The molecule has 4 N–H and O–H groups in total. The normalized spacial score (nSPS) is 19.7. The van der Waals surface area contributed by atoms with Crippen molar-refractivity contribution in [1.29, 1.82) is 0 Å². The second-order valence-corrected chi connectivity index (χ2v) is 4.17. The monoisotopic (exact) mass is 250 g/mol. The summed E-state index contributed by atoms with van der Waals surface area (Å²) in [6.07, 6.45) is 0.736. The predicted molar refractivity (Wildman–Crippen MR) is 62.8 cm³/mol. The minimum atomic E-state index is -0.454. The molecule has 18 heavy (non-hydrogen) atoms. The first-order valence-electron chi connectivity index (χ1n) is 5.65. The lowest BCUT2D eigenvalue weighted by Gasteiger charge is -2.22. The molecule has 1 heterocycles. The van der Waals surface area contributed by atoms with Crippen LogP contribution in [0.4, 0.5) is 0 Å². The van der Waals surface area contributed by atoms with Crippen LogP contribution in [-0.4, -0.2) is 28.1 Å². The molecule has 1 aromatic rings. The molecule has 0 aromatic heterocycles.